The number of ether oxygens (including phenoxy) is 1. The van der Waals surface area contributed by atoms with Gasteiger partial charge in [0, 0.05) is 6.54 Å². The van der Waals surface area contributed by atoms with E-state index in [9.17, 15) is 4.79 Å². The first-order valence-corrected chi connectivity index (χ1v) is 8.38. The topological polar surface area (TPSA) is 68.2 Å². The number of hydrogen-bond acceptors (Lipinski definition) is 4. The summed E-state index contributed by atoms with van der Waals surface area (Å²) in [5.74, 6) is 0.114. The number of nitrogens with zero attached hydrogens (tertiary/aromatic N) is 2. The average molecular weight is 346 g/mol. The lowest BCUT2D eigenvalue weighted by atomic mass is 10.2. The molecule has 24 heavy (non-hydrogen) atoms. The fourth-order valence-electron chi connectivity index (χ4n) is 2.14. The van der Waals surface area contributed by atoms with Gasteiger partial charge in [-0.25, -0.2) is 9.48 Å². The number of carbonyl (C=O) groups excluding carboxylic acids is 1. The highest BCUT2D eigenvalue weighted by atomic mass is 32.1. The summed E-state index contributed by atoms with van der Waals surface area (Å²) in [6.45, 7) is 5.42. The van der Waals surface area contributed by atoms with Crippen molar-refractivity contribution < 1.29 is 9.53 Å². The Morgan fingerprint density at radius 2 is 2.04 bits per heavy atom. The first-order valence-electron chi connectivity index (χ1n) is 7.97. The van der Waals surface area contributed by atoms with Crippen LogP contribution in [0.4, 0.5) is 5.82 Å². The minimum atomic E-state index is -0.419. The molecular weight excluding hydrogens is 324 g/mol. The van der Waals surface area contributed by atoms with Gasteiger partial charge in [0.25, 0.3) is 0 Å². The number of hydrogen-bond donors (Lipinski definition) is 2. The molecule has 2 N–H and O–H groups in total. The third-order valence-corrected chi connectivity index (χ3v) is 3.52. The molecule has 0 saturated heterocycles. The van der Waals surface area contributed by atoms with Crippen molar-refractivity contribution in [3.05, 3.63) is 47.7 Å². The maximum atomic E-state index is 12.1. The Morgan fingerprint density at radius 1 is 1.29 bits per heavy atom. The lowest BCUT2D eigenvalue weighted by Gasteiger charge is -2.13. The molecule has 6 nitrogen and oxygen atoms in total. The molecule has 0 saturated carbocycles. The second-order valence-electron chi connectivity index (χ2n) is 5.15. The van der Waals surface area contributed by atoms with Crippen molar-refractivity contribution in [3.63, 3.8) is 0 Å². The molecule has 0 aliphatic rings. The highest BCUT2D eigenvalue weighted by Crippen LogP contribution is 2.18. The number of benzene rings is 1. The zero-order valence-corrected chi connectivity index (χ0v) is 14.7. The summed E-state index contributed by atoms with van der Waals surface area (Å²) in [5.41, 5.74) is 1.44. The molecule has 0 bridgehead atoms. The van der Waals surface area contributed by atoms with E-state index in [1.807, 2.05) is 30.3 Å². The molecule has 1 aromatic heterocycles. The Bertz CT molecular complexity index is 685. The molecule has 0 atom stereocenters. The van der Waals surface area contributed by atoms with E-state index >= 15 is 0 Å². The first kappa shape index (κ1) is 17.9. The van der Waals surface area contributed by atoms with E-state index in [1.165, 1.54) is 6.20 Å². The first-order chi connectivity index (χ1) is 11.7. The lowest BCUT2D eigenvalue weighted by molar-refractivity contribution is 0.0527. The molecule has 0 fully saturated rings. The number of esters is 1. The molecule has 1 heterocycles. The minimum absolute atomic E-state index is 0.306. The van der Waals surface area contributed by atoms with Crippen molar-refractivity contribution in [2.24, 2.45) is 0 Å². The van der Waals surface area contributed by atoms with Crippen LogP contribution in [0, 0.1) is 0 Å². The van der Waals surface area contributed by atoms with Crippen LogP contribution in [0.1, 0.15) is 36.2 Å². The second kappa shape index (κ2) is 9.02. The number of thiocarbonyl (C=S) groups is 1. The smallest absolute Gasteiger partial charge is 0.343 e. The standard InChI is InChI=1S/C17H22N4O2S/c1-3-10-18-17(24)20-15-14(16(22)23-4-2)11-19-21(15)12-13-8-6-5-7-9-13/h5-9,11H,3-4,10,12H2,1-2H3,(H2,18,20,24). The third-order valence-electron chi connectivity index (χ3n) is 3.28. The summed E-state index contributed by atoms with van der Waals surface area (Å²) >= 11 is 5.29. The molecule has 7 heteroatoms. The van der Waals surface area contributed by atoms with Gasteiger partial charge in [0.2, 0.25) is 0 Å². The van der Waals surface area contributed by atoms with Crippen LogP contribution in [0.3, 0.4) is 0 Å². The highest BCUT2D eigenvalue weighted by Gasteiger charge is 2.19. The number of carbonyl (C=O) groups is 1. The van der Waals surface area contributed by atoms with Crippen molar-refractivity contribution in [1.29, 1.82) is 0 Å². The molecule has 2 rings (SSSR count). The van der Waals surface area contributed by atoms with Gasteiger partial charge in [-0.2, -0.15) is 5.10 Å². The summed E-state index contributed by atoms with van der Waals surface area (Å²) in [6, 6.07) is 9.89. The summed E-state index contributed by atoms with van der Waals surface area (Å²) in [6.07, 6.45) is 2.46. The lowest BCUT2D eigenvalue weighted by Crippen LogP contribution is -2.30. The average Bonchev–Trinajstić information content (AvgIpc) is 2.96. The molecule has 128 valence electrons. The predicted octanol–water partition coefficient (Wildman–Crippen LogP) is 2.80. The molecule has 1 aromatic carbocycles. The van der Waals surface area contributed by atoms with E-state index < -0.39 is 5.97 Å². The Kier molecular flexibility index (Phi) is 6.74. The maximum Gasteiger partial charge on any atom is 0.343 e. The summed E-state index contributed by atoms with van der Waals surface area (Å²) < 4.78 is 6.81. The van der Waals surface area contributed by atoms with Crippen molar-refractivity contribution in [1.82, 2.24) is 15.1 Å². The zero-order valence-electron chi connectivity index (χ0n) is 13.9. The van der Waals surface area contributed by atoms with E-state index in [1.54, 1.807) is 11.6 Å². The van der Waals surface area contributed by atoms with Crippen molar-refractivity contribution in [3.8, 4) is 0 Å². The van der Waals surface area contributed by atoms with Crippen molar-refractivity contribution in [2.45, 2.75) is 26.8 Å². The molecular formula is C17H22N4O2S. The van der Waals surface area contributed by atoms with Crippen molar-refractivity contribution in [2.75, 3.05) is 18.5 Å². The monoisotopic (exact) mass is 346 g/mol. The van der Waals surface area contributed by atoms with Gasteiger partial charge < -0.3 is 15.4 Å². The van der Waals surface area contributed by atoms with Crippen LogP contribution in [0.15, 0.2) is 36.5 Å². The summed E-state index contributed by atoms with van der Waals surface area (Å²) in [7, 11) is 0. The molecule has 2 aromatic rings. The number of nitrogens with one attached hydrogen (secondary N) is 2. The van der Waals surface area contributed by atoms with Gasteiger partial charge in [-0.05, 0) is 31.1 Å². The third kappa shape index (κ3) is 4.79. The van der Waals surface area contributed by atoms with Gasteiger partial charge in [0.15, 0.2) is 5.11 Å². The maximum absolute atomic E-state index is 12.1. The van der Waals surface area contributed by atoms with E-state index in [-0.39, 0.29) is 0 Å². The van der Waals surface area contributed by atoms with Gasteiger partial charge in [0.05, 0.1) is 19.3 Å². The number of anilines is 1. The number of rotatable bonds is 7. The largest absolute Gasteiger partial charge is 0.462 e. The van der Waals surface area contributed by atoms with Gasteiger partial charge >= 0.3 is 5.97 Å². The highest BCUT2D eigenvalue weighted by molar-refractivity contribution is 7.80. The fourth-order valence-corrected chi connectivity index (χ4v) is 2.34. The van der Waals surface area contributed by atoms with E-state index in [4.69, 9.17) is 17.0 Å². The Morgan fingerprint density at radius 3 is 2.71 bits per heavy atom. The van der Waals surface area contributed by atoms with Crippen molar-refractivity contribution >= 4 is 29.1 Å². The van der Waals surface area contributed by atoms with Crippen LogP contribution in [0.2, 0.25) is 0 Å². The SMILES string of the molecule is CCCNC(=S)Nc1c(C(=O)OCC)cnn1Cc1ccccc1. The van der Waals surface area contributed by atoms with Crippen LogP contribution in [0.25, 0.3) is 0 Å². The molecule has 0 amide bonds. The zero-order chi connectivity index (χ0) is 17.4. The van der Waals surface area contributed by atoms with Gasteiger partial charge in [0.1, 0.15) is 11.4 Å². The van der Waals surface area contributed by atoms with Crippen LogP contribution in [-0.4, -0.2) is 34.0 Å². The fraction of sp³-hybridized carbons (Fsp3) is 0.353. The summed E-state index contributed by atoms with van der Waals surface area (Å²) in [4.78, 5) is 12.1. The van der Waals surface area contributed by atoms with Crippen LogP contribution in [0.5, 0.6) is 0 Å². The van der Waals surface area contributed by atoms with E-state index in [0.29, 0.717) is 29.6 Å². The molecule has 0 radical (unpaired) electrons. The number of aromatic nitrogens is 2. The van der Waals surface area contributed by atoms with Gasteiger partial charge in [-0.15, -0.1) is 0 Å². The molecule has 0 aliphatic heterocycles. The quantitative estimate of drug-likeness (QED) is 0.593. The Balaban J connectivity index is 2.25. The summed E-state index contributed by atoms with van der Waals surface area (Å²) in [5, 5.41) is 10.9. The van der Waals surface area contributed by atoms with E-state index in [2.05, 4.69) is 22.7 Å². The van der Waals surface area contributed by atoms with Crippen LogP contribution < -0.4 is 10.6 Å². The second-order valence-corrected chi connectivity index (χ2v) is 5.56. The van der Waals surface area contributed by atoms with Gasteiger partial charge in [-0.3, -0.25) is 0 Å². The Hall–Kier alpha value is -2.41. The van der Waals surface area contributed by atoms with Crippen LogP contribution >= 0.6 is 12.2 Å². The van der Waals surface area contributed by atoms with Crippen LogP contribution in [-0.2, 0) is 11.3 Å². The molecule has 0 spiro atoms. The Labute approximate surface area is 147 Å². The minimum Gasteiger partial charge on any atom is -0.462 e. The normalized spacial score (nSPS) is 10.2. The molecule has 0 aliphatic carbocycles. The molecule has 0 unspecified atom stereocenters. The predicted molar refractivity (Wildman–Crippen MR) is 98.2 cm³/mol. The van der Waals surface area contributed by atoms with Gasteiger partial charge in [-0.1, -0.05) is 37.3 Å². The van der Waals surface area contributed by atoms with E-state index in [0.717, 1.165) is 18.5 Å².